The SMILES string of the molecule is O=C1CCCC=C1[SiH3]. The third kappa shape index (κ3) is 1.07. The summed E-state index contributed by atoms with van der Waals surface area (Å²) >= 11 is 0. The number of hydrogen-bond acceptors (Lipinski definition) is 1. The van der Waals surface area contributed by atoms with Gasteiger partial charge in [0, 0.05) is 16.7 Å². The van der Waals surface area contributed by atoms with E-state index in [0.29, 0.717) is 5.78 Å². The maximum Gasteiger partial charge on any atom is 0.153 e. The van der Waals surface area contributed by atoms with E-state index in [4.69, 9.17) is 0 Å². The average Bonchev–Trinajstić information content (AvgIpc) is 1.77. The summed E-state index contributed by atoms with van der Waals surface area (Å²) in [5.74, 6) is 0.392. The third-order valence-electron chi connectivity index (χ3n) is 1.50. The van der Waals surface area contributed by atoms with Gasteiger partial charge < -0.3 is 0 Å². The van der Waals surface area contributed by atoms with Crippen LogP contribution in [0.25, 0.3) is 0 Å². The summed E-state index contributed by atoms with van der Waals surface area (Å²) in [6.45, 7) is 0. The van der Waals surface area contributed by atoms with Crippen molar-refractivity contribution in [3.63, 3.8) is 0 Å². The molecule has 0 aromatic carbocycles. The van der Waals surface area contributed by atoms with Gasteiger partial charge in [0.05, 0.1) is 0 Å². The Morgan fingerprint density at radius 3 is 2.75 bits per heavy atom. The van der Waals surface area contributed by atoms with Crippen molar-refractivity contribution in [2.75, 3.05) is 0 Å². The first-order valence-corrected chi connectivity index (χ1v) is 4.00. The standard InChI is InChI=1S/C6H10OSi/c7-5-3-1-2-4-6(5)8/h4H,1-3H2,8H3. The predicted molar refractivity (Wildman–Crippen MR) is 36.9 cm³/mol. The fourth-order valence-electron chi connectivity index (χ4n) is 0.892. The van der Waals surface area contributed by atoms with Gasteiger partial charge in [-0.05, 0) is 18.0 Å². The minimum Gasteiger partial charge on any atom is -0.295 e. The van der Waals surface area contributed by atoms with E-state index in [1.165, 1.54) is 0 Å². The minimum absolute atomic E-state index is 0.392. The highest BCUT2D eigenvalue weighted by Gasteiger charge is 2.06. The molecule has 0 amide bonds. The first kappa shape index (κ1) is 5.76. The lowest BCUT2D eigenvalue weighted by Gasteiger charge is -2.04. The topological polar surface area (TPSA) is 17.1 Å². The van der Waals surface area contributed by atoms with Crippen LogP contribution in [0, 0.1) is 0 Å². The van der Waals surface area contributed by atoms with Crippen molar-refractivity contribution >= 4 is 16.0 Å². The zero-order chi connectivity index (χ0) is 5.98. The second-order valence-electron chi connectivity index (χ2n) is 2.20. The zero-order valence-electron chi connectivity index (χ0n) is 5.11. The molecule has 1 nitrogen and oxygen atoms in total. The lowest BCUT2D eigenvalue weighted by molar-refractivity contribution is -0.115. The number of ketones is 1. The van der Waals surface area contributed by atoms with Crippen LogP contribution in [0.15, 0.2) is 11.3 Å². The Morgan fingerprint density at radius 1 is 1.62 bits per heavy atom. The van der Waals surface area contributed by atoms with E-state index >= 15 is 0 Å². The Morgan fingerprint density at radius 2 is 2.38 bits per heavy atom. The third-order valence-corrected chi connectivity index (χ3v) is 2.46. The first-order chi connectivity index (χ1) is 3.80. The highest BCUT2D eigenvalue weighted by molar-refractivity contribution is 6.36. The van der Waals surface area contributed by atoms with Crippen LogP contribution < -0.4 is 0 Å². The highest BCUT2D eigenvalue weighted by Crippen LogP contribution is 2.10. The molecule has 0 radical (unpaired) electrons. The van der Waals surface area contributed by atoms with Crippen LogP contribution in [0.4, 0.5) is 0 Å². The Hall–Kier alpha value is -0.373. The van der Waals surface area contributed by atoms with Crippen molar-refractivity contribution in [1.29, 1.82) is 0 Å². The number of Topliss-reactive ketones (excluding diaryl/α,β-unsaturated/α-hetero) is 1. The normalized spacial score (nSPS) is 21.0. The molecule has 0 heterocycles. The molecule has 1 rings (SSSR count). The van der Waals surface area contributed by atoms with Gasteiger partial charge in [0.15, 0.2) is 5.78 Å². The first-order valence-electron chi connectivity index (χ1n) is 3.00. The number of carbonyl (C=O) groups excluding carboxylic acids is 1. The molecular formula is C6H10OSi. The molecule has 0 unspecified atom stereocenters. The van der Waals surface area contributed by atoms with Crippen LogP contribution in [-0.2, 0) is 4.79 Å². The molecule has 0 fully saturated rings. The van der Waals surface area contributed by atoms with E-state index in [2.05, 4.69) is 6.08 Å². The van der Waals surface area contributed by atoms with Gasteiger partial charge in [-0.25, -0.2) is 0 Å². The molecule has 0 aromatic heterocycles. The molecule has 1 aliphatic rings. The molecule has 1 aliphatic carbocycles. The molecule has 0 aromatic rings. The summed E-state index contributed by atoms with van der Waals surface area (Å²) in [5, 5.41) is 1.09. The van der Waals surface area contributed by atoms with Gasteiger partial charge in [-0.3, -0.25) is 4.79 Å². The summed E-state index contributed by atoms with van der Waals surface area (Å²) in [4.78, 5) is 10.8. The highest BCUT2D eigenvalue weighted by atomic mass is 28.1. The summed E-state index contributed by atoms with van der Waals surface area (Å²) < 4.78 is 0. The van der Waals surface area contributed by atoms with E-state index in [1.54, 1.807) is 0 Å². The lowest BCUT2D eigenvalue weighted by atomic mass is 10.1. The molecule has 0 saturated carbocycles. The second-order valence-corrected chi connectivity index (χ2v) is 3.28. The fourth-order valence-corrected chi connectivity index (χ4v) is 1.43. The van der Waals surface area contributed by atoms with E-state index < -0.39 is 0 Å². The van der Waals surface area contributed by atoms with Crippen molar-refractivity contribution in [2.24, 2.45) is 0 Å². The van der Waals surface area contributed by atoms with Gasteiger partial charge in [-0.15, -0.1) is 0 Å². The monoisotopic (exact) mass is 126 g/mol. The van der Waals surface area contributed by atoms with Crippen molar-refractivity contribution in [2.45, 2.75) is 19.3 Å². The van der Waals surface area contributed by atoms with Crippen molar-refractivity contribution in [3.8, 4) is 0 Å². The zero-order valence-corrected chi connectivity index (χ0v) is 7.11. The molecule has 2 heteroatoms. The van der Waals surface area contributed by atoms with Gasteiger partial charge in [0.25, 0.3) is 0 Å². The minimum atomic E-state index is 0.392. The van der Waals surface area contributed by atoms with Gasteiger partial charge in [0.2, 0.25) is 0 Å². The molecule has 0 N–H and O–H groups in total. The van der Waals surface area contributed by atoms with Crippen LogP contribution in [-0.4, -0.2) is 16.0 Å². The molecule has 44 valence electrons. The molecule has 0 saturated heterocycles. The van der Waals surface area contributed by atoms with Crippen molar-refractivity contribution in [1.82, 2.24) is 0 Å². The molecule has 0 aliphatic heterocycles. The van der Waals surface area contributed by atoms with Gasteiger partial charge in [-0.1, -0.05) is 6.08 Å². The van der Waals surface area contributed by atoms with Crippen LogP contribution in [0.5, 0.6) is 0 Å². The van der Waals surface area contributed by atoms with Gasteiger partial charge in [0.1, 0.15) is 0 Å². The number of rotatable bonds is 0. The number of carbonyl (C=O) groups is 1. The molecule has 0 atom stereocenters. The van der Waals surface area contributed by atoms with E-state index in [1.807, 2.05) is 0 Å². The van der Waals surface area contributed by atoms with E-state index in [-0.39, 0.29) is 0 Å². The second kappa shape index (κ2) is 2.26. The van der Waals surface area contributed by atoms with Crippen molar-refractivity contribution in [3.05, 3.63) is 11.3 Å². The summed E-state index contributed by atoms with van der Waals surface area (Å²) in [5.41, 5.74) is 0. The van der Waals surface area contributed by atoms with Crippen LogP contribution in [0.2, 0.25) is 0 Å². The molecule has 8 heavy (non-hydrogen) atoms. The Labute approximate surface area is 52.2 Å². The van der Waals surface area contributed by atoms with Gasteiger partial charge in [-0.2, -0.15) is 0 Å². The smallest absolute Gasteiger partial charge is 0.153 e. The molecular weight excluding hydrogens is 116 g/mol. The van der Waals surface area contributed by atoms with E-state index in [9.17, 15) is 4.79 Å². The summed E-state index contributed by atoms with van der Waals surface area (Å²) in [6.07, 6.45) is 5.09. The van der Waals surface area contributed by atoms with Gasteiger partial charge >= 0.3 is 0 Å². The van der Waals surface area contributed by atoms with E-state index in [0.717, 1.165) is 34.7 Å². The van der Waals surface area contributed by atoms with Crippen LogP contribution >= 0.6 is 0 Å². The Kier molecular flexibility index (Phi) is 1.63. The largest absolute Gasteiger partial charge is 0.295 e. The molecule has 0 spiro atoms. The van der Waals surface area contributed by atoms with Crippen LogP contribution in [0.1, 0.15) is 19.3 Å². The lowest BCUT2D eigenvalue weighted by Crippen LogP contribution is -2.05. The predicted octanol–water partition coefficient (Wildman–Crippen LogP) is -0.0113. The fraction of sp³-hybridized carbons (Fsp3) is 0.500. The number of allylic oxidation sites excluding steroid dienone is 2. The Balaban J connectivity index is 2.67. The number of hydrogen-bond donors (Lipinski definition) is 0. The van der Waals surface area contributed by atoms with Crippen LogP contribution in [0.3, 0.4) is 0 Å². The summed E-state index contributed by atoms with van der Waals surface area (Å²) in [7, 11) is 0.946. The maximum atomic E-state index is 10.8. The molecule has 0 bridgehead atoms. The summed E-state index contributed by atoms with van der Waals surface area (Å²) in [6, 6.07) is 0. The Bertz CT molecular complexity index is 137. The van der Waals surface area contributed by atoms with Crippen molar-refractivity contribution < 1.29 is 4.79 Å². The maximum absolute atomic E-state index is 10.8. The quantitative estimate of drug-likeness (QED) is 0.417. The average molecular weight is 126 g/mol.